The molecule has 0 aliphatic rings. The molecule has 5 heteroatoms. The van der Waals surface area contributed by atoms with Gasteiger partial charge in [-0.3, -0.25) is 0 Å². The first-order chi connectivity index (χ1) is 7.22. The summed E-state index contributed by atoms with van der Waals surface area (Å²) >= 11 is 0. The Labute approximate surface area is 95.6 Å². The van der Waals surface area contributed by atoms with Gasteiger partial charge in [-0.1, -0.05) is 6.07 Å². The zero-order chi connectivity index (χ0) is 12.4. The first-order valence-corrected chi connectivity index (χ1v) is 6.80. The lowest BCUT2D eigenvalue weighted by molar-refractivity contribution is 0.560. The number of sulfone groups is 1. The molecule has 0 amide bonds. The van der Waals surface area contributed by atoms with Crippen LogP contribution >= 0.6 is 0 Å². The van der Waals surface area contributed by atoms with Crippen molar-refractivity contribution in [1.82, 2.24) is 0 Å². The Morgan fingerprint density at radius 1 is 1.38 bits per heavy atom. The predicted molar refractivity (Wildman–Crippen MR) is 63.8 cm³/mol. The number of hydrogen-bond donors (Lipinski definition) is 1. The van der Waals surface area contributed by atoms with Gasteiger partial charge in [-0.15, -0.1) is 0 Å². The number of rotatable bonds is 4. The number of nitrogens with one attached hydrogen (secondary N) is 1. The maximum absolute atomic E-state index is 12.9. The van der Waals surface area contributed by atoms with E-state index in [1.54, 1.807) is 26.0 Å². The van der Waals surface area contributed by atoms with Crippen LogP contribution in [0.3, 0.4) is 0 Å². The third-order valence-corrected chi connectivity index (χ3v) is 4.70. The van der Waals surface area contributed by atoms with Crippen molar-refractivity contribution in [2.45, 2.75) is 18.6 Å². The van der Waals surface area contributed by atoms with E-state index in [1.165, 1.54) is 18.4 Å². The van der Waals surface area contributed by atoms with Gasteiger partial charge in [0.05, 0.1) is 4.75 Å². The average Bonchev–Trinajstić information content (AvgIpc) is 2.13. The first kappa shape index (κ1) is 13.0. The highest BCUT2D eigenvalue weighted by Crippen LogP contribution is 2.17. The van der Waals surface area contributed by atoms with Crippen LogP contribution in [-0.4, -0.2) is 26.0 Å². The normalized spacial score (nSPS) is 12.5. The molecule has 0 saturated carbocycles. The van der Waals surface area contributed by atoms with Gasteiger partial charge in [0.25, 0.3) is 0 Å². The molecule has 0 aromatic heterocycles. The van der Waals surface area contributed by atoms with Crippen molar-refractivity contribution in [3.05, 3.63) is 30.1 Å². The topological polar surface area (TPSA) is 46.2 Å². The van der Waals surface area contributed by atoms with Crippen molar-refractivity contribution in [2.75, 3.05) is 18.1 Å². The van der Waals surface area contributed by atoms with Gasteiger partial charge in [-0.2, -0.15) is 0 Å². The van der Waals surface area contributed by atoms with E-state index in [9.17, 15) is 12.8 Å². The van der Waals surface area contributed by atoms with Crippen LogP contribution in [0.2, 0.25) is 0 Å². The summed E-state index contributed by atoms with van der Waals surface area (Å²) in [6.45, 7) is 3.51. The van der Waals surface area contributed by atoms with Crippen molar-refractivity contribution in [3.63, 3.8) is 0 Å². The van der Waals surface area contributed by atoms with E-state index >= 15 is 0 Å². The molecule has 1 N–H and O–H groups in total. The average molecular weight is 245 g/mol. The molecule has 1 aromatic rings. The van der Waals surface area contributed by atoms with Gasteiger partial charge in [0.15, 0.2) is 9.84 Å². The van der Waals surface area contributed by atoms with E-state index in [4.69, 9.17) is 0 Å². The zero-order valence-corrected chi connectivity index (χ0v) is 10.4. The highest BCUT2D eigenvalue weighted by atomic mass is 32.2. The fraction of sp³-hybridized carbons (Fsp3) is 0.455. The van der Waals surface area contributed by atoms with E-state index in [-0.39, 0.29) is 12.4 Å². The molecule has 0 aliphatic heterocycles. The number of anilines is 1. The lowest BCUT2D eigenvalue weighted by Crippen LogP contribution is -2.38. The summed E-state index contributed by atoms with van der Waals surface area (Å²) in [5.74, 6) is -0.345. The summed E-state index contributed by atoms with van der Waals surface area (Å²) in [5, 5.41) is 2.91. The number of halogens is 1. The molecule has 16 heavy (non-hydrogen) atoms. The van der Waals surface area contributed by atoms with E-state index < -0.39 is 14.6 Å². The standard InChI is InChI=1S/C11H16FNO2S/c1-11(2,16(3,14)15)8-13-10-6-4-5-9(12)7-10/h4-7,13H,8H2,1-3H3. The van der Waals surface area contributed by atoms with Gasteiger partial charge in [-0.05, 0) is 32.0 Å². The number of hydrogen-bond acceptors (Lipinski definition) is 3. The van der Waals surface area contributed by atoms with Crippen LogP contribution in [-0.2, 0) is 9.84 Å². The summed E-state index contributed by atoms with van der Waals surface area (Å²) in [7, 11) is -3.14. The maximum Gasteiger partial charge on any atom is 0.154 e. The molecule has 0 aliphatic carbocycles. The van der Waals surface area contributed by atoms with Gasteiger partial charge in [-0.25, -0.2) is 12.8 Å². The summed E-state index contributed by atoms with van der Waals surface area (Å²) in [6, 6.07) is 5.94. The Morgan fingerprint density at radius 3 is 2.50 bits per heavy atom. The molecule has 0 fully saturated rings. The fourth-order valence-electron chi connectivity index (χ4n) is 1.04. The van der Waals surface area contributed by atoms with Crippen LogP contribution in [0.1, 0.15) is 13.8 Å². The van der Waals surface area contributed by atoms with Gasteiger partial charge < -0.3 is 5.32 Å². The summed E-state index contributed by atoms with van der Waals surface area (Å²) in [6.07, 6.45) is 1.19. The van der Waals surface area contributed by atoms with Crippen LogP contribution in [0.5, 0.6) is 0 Å². The third kappa shape index (κ3) is 3.20. The number of benzene rings is 1. The van der Waals surface area contributed by atoms with Crippen molar-refractivity contribution < 1.29 is 12.8 Å². The van der Waals surface area contributed by atoms with E-state index in [0.29, 0.717) is 5.69 Å². The molecule has 0 saturated heterocycles. The van der Waals surface area contributed by atoms with Crippen LogP contribution < -0.4 is 5.32 Å². The molecule has 3 nitrogen and oxygen atoms in total. The van der Waals surface area contributed by atoms with Gasteiger partial charge in [0, 0.05) is 18.5 Å². The third-order valence-electron chi connectivity index (χ3n) is 2.55. The second-order valence-corrected chi connectivity index (χ2v) is 7.05. The largest absolute Gasteiger partial charge is 0.383 e. The zero-order valence-electron chi connectivity index (χ0n) is 9.62. The highest BCUT2D eigenvalue weighted by Gasteiger charge is 2.29. The Morgan fingerprint density at radius 2 is 2.00 bits per heavy atom. The Balaban J connectivity index is 2.72. The molecule has 0 atom stereocenters. The maximum atomic E-state index is 12.9. The van der Waals surface area contributed by atoms with Crippen molar-refractivity contribution in [2.24, 2.45) is 0 Å². The lowest BCUT2D eigenvalue weighted by atomic mass is 10.2. The molecule has 0 spiro atoms. The molecule has 0 bridgehead atoms. The van der Waals surface area contributed by atoms with Crippen LogP contribution in [0.25, 0.3) is 0 Å². The monoisotopic (exact) mass is 245 g/mol. The minimum atomic E-state index is -3.14. The SMILES string of the molecule is CC(C)(CNc1cccc(F)c1)S(C)(=O)=O. The Bertz CT molecular complexity index is 469. The highest BCUT2D eigenvalue weighted by molar-refractivity contribution is 7.92. The van der Waals surface area contributed by atoms with Gasteiger partial charge >= 0.3 is 0 Å². The van der Waals surface area contributed by atoms with E-state index in [2.05, 4.69) is 5.32 Å². The fourth-order valence-corrected chi connectivity index (χ4v) is 1.38. The molecular weight excluding hydrogens is 229 g/mol. The molecule has 1 aromatic carbocycles. The molecule has 0 heterocycles. The summed E-state index contributed by atoms with van der Waals surface area (Å²) < 4.78 is 34.8. The molecule has 90 valence electrons. The van der Waals surface area contributed by atoms with Crippen LogP contribution in [0, 0.1) is 5.82 Å². The van der Waals surface area contributed by atoms with Crippen molar-refractivity contribution in [1.29, 1.82) is 0 Å². The minimum absolute atomic E-state index is 0.245. The van der Waals surface area contributed by atoms with Crippen LogP contribution in [0.15, 0.2) is 24.3 Å². The lowest BCUT2D eigenvalue weighted by Gasteiger charge is -2.23. The molecule has 0 unspecified atom stereocenters. The Kier molecular flexibility index (Phi) is 3.57. The van der Waals surface area contributed by atoms with Gasteiger partial charge in [0.2, 0.25) is 0 Å². The molecule has 1 rings (SSSR count). The summed E-state index contributed by atoms with van der Waals surface area (Å²) in [4.78, 5) is 0. The quantitative estimate of drug-likeness (QED) is 0.883. The second kappa shape index (κ2) is 4.41. The first-order valence-electron chi connectivity index (χ1n) is 4.91. The molecule has 0 radical (unpaired) electrons. The second-order valence-electron chi connectivity index (χ2n) is 4.40. The van der Waals surface area contributed by atoms with Crippen LogP contribution in [0.4, 0.5) is 10.1 Å². The van der Waals surface area contributed by atoms with E-state index in [1.807, 2.05) is 0 Å². The predicted octanol–water partition coefficient (Wildman–Crippen LogP) is 2.06. The van der Waals surface area contributed by atoms with E-state index in [0.717, 1.165) is 0 Å². The minimum Gasteiger partial charge on any atom is -0.383 e. The Hall–Kier alpha value is -1.10. The van der Waals surface area contributed by atoms with Crippen molar-refractivity contribution in [3.8, 4) is 0 Å². The van der Waals surface area contributed by atoms with Gasteiger partial charge in [0.1, 0.15) is 5.82 Å². The smallest absolute Gasteiger partial charge is 0.154 e. The molecular formula is C11H16FNO2S. The summed E-state index contributed by atoms with van der Waals surface area (Å²) in [5.41, 5.74) is 0.580. The van der Waals surface area contributed by atoms with Crippen molar-refractivity contribution >= 4 is 15.5 Å².